The van der Waals surface area contributed by atoms with E-state index in [1.165, 1.54) is 11.9 Å². The first kappa shape index (κ1) is 21.1. The van der Waals surface area contributed by atoms with E-state index in [0.29, 0.717) is 23.5 Å². The molecule has 0 spiro atoms. The molecule has 1 heterocycles. The molecule has 0 aliphatic rings. The molecule has 2 aromatic rings. The first-order valence-corrected chi connectivity index (χ1v) is 9.14. The van der Waals surface area contributed by atoms with Crippen molar-refractivity contribution >= 4 is 17.8 Å². The van der Waals surface area contributed by atoms with Crippen LogP contribution in [0.5, 0.6) is 0 Å². The highest BCUT2D eigenvalue weighted by atomic mass is 16.5. The molecule has 1 aromatic heterocycles. The second-order valence-electron chi connectivity index (χ2n) is 6.47. The Labute approximate surface area is 164 Å². The van der Waals surface area contributed by atoms with Crippen LogP contribution in [0, 0.1) is 13.8 Å². The summed E-state index contributed by atoms with van der Waals surface area (Å²) in [5.74, 6) is -1.32. The summed E-state index contributed by atoms with van der Waals surface area (Å²) >= 11 is 0. The monoisotopic (exact) mass is 386 g/mol. The van der Waals surface area contributed by atoms with Gasteiger partial charge in [-0.05, 0) is 32.4 Å². The van der Waals surface area contributed by atoms with Crippen LogP contribution in [0.1, 0.15) is 35.1 Å². The number of rotatable bonds is 8. The topological polar surface area (TPSA) is 93.5 Å². The predicted molar refractivity (Wildman–Crippen MR) is 104 cm³/mol. The molecule has 1 N–H and O–H groups in total. The third-order valence-corrected chi connectivity index (χ3v) is 4.20. The van der Waals surface area contributed by atoms with Gasteiger partial charge in [-0.3, -0.25) is 9.59 Å². The summed E-state index contributed by atoms with van der Waals surface area (Å²) in [7, 11) is 1.49. The lowest BCUT2D eigenvalue weighted by Gasteiger charge is -2.16. The van der Waals surface area contributed by atoms with E-state index >= 15 is 0 Å². The molecule has 0 radical (unpaired) electrons. The summed E-state index contributed by atoms with van der Waals surface area (Å²) in [5.41, 5.74) is 2.32. The molecule has 2 amide bonds. The highest BCUT2D eigenvalue weighted by Gasteiger charge is 2.22. The van der Waals surface area contributed by atoms with Crippen LogP contribution in [0.2, 0.25) is 0 Å². The number of carbonyl (C=O) groups is 3. The summed E-state index contributed by atoms with van der Waals surface area (Å²) in [4.78, 5) is 37.5. The summed E-state index contributed by atoms with van der Waals surface area (Å²) < 4.78 is 6.83. The molecule has 0 aliphatic carbocycles. The zero-order valence-corrected chi connectivity index (χ0v) is 16.7. The van der Waals surface area contributed by atoms with Crippen molar-refractivity contribution in [3.8, 4) is 5.69 Å². The van der Waals surface area contributed by atoms with Crippen molar-refractivity contribution in [2.24, 2.45) is 0 Å². The van der Waals surface area contributed by atoms with Crippen LogP contribution in [-0.2, 0) is 14.3 Å². The number of benzene rings is 1. The summed E-state index contributed by atoms with van der Waals surface area (Å²) in [6, 6.07) is 9.44. The van der Waals surface area contributed by atoms with E-state index in [1.807, 2.05) is 37.3 Å². The smallest absolute Gasteiger partial charge is 0.342 e. The van der Waals surface area contributed by atoms with Crippen molar-refractivity contribution < 1.29 is 19.1 Å². The molecule has 28 heavy (non-hydrogen) atoms. The van der Waals surface area contributed by atoms with Crippen LogP contribution in [0.3, 0.4) is 0 Å². The Morgan fingerprint density at radius 1 is 1.18 bits per heavy atom. The third-order valence-electron chi connectivity index (χ3n) is 4.20. The van der Waals surface area contributed by atoms with Gasteiger partial charge in [-0.15, -0.1) is 0 Å². The van der Waals surface area contributed by atoms with Gasteiger partial charge in [-0.25, -0.2) is 9.48 Å². The van der Waals surface area contributed by atoms with Gasteiger partial charge in [-0.2, -0.15) is 5.10 Å². The molecule has 1 aromatic carbocycles. The van der Waals surface area contributed by atoms with Crippen molar-refractivity contribution in [2.45, 2.75) is 27.2 Å². The molecule has 8 nitrogen and oxygen atoms in total. The maximum atomic E-state index is 12.5. The van der Waals surface area contributed by atoms with Crippen LogP contribution in [0.15, 0.2) is 30.3 Å². The minimum absolute atomic E-state index is 0.0830. The number of carbonyl (C=O) groups excluding carboxylic acids is 3. The van der Waals surface area contributed by atoms with Gasteiger partial charge in [0.25, 0.3) is 5.91 Å². The van der Waals surface area contributed by atoms with Crippen molar-refractivity contribution in [1.82, 2.24) is 20.0 Å². The number of aryl methyl sites for hydroxylation is 1. The quantitative estimate of drug-likeness (QED) is 0.696. The van der Waals surface area contributed by atoms with E-state index in [1.54, 1.807) is 18.5 Å². The Morgan fingerprint density at radius 3 is 2.50 bits per heavy atom. The number of ether oxygens (including phenoxy) is 1. The molecule has 8 heteroatoms. The molecular weight excluding hydrogens is 360 g/mol. The van der Waals surface area contributed by atoms with Gasteiger partial charge in [0.05, 0.1) is 23.6 Å². The first-order chi connectivity index (χ1) is 13.3. The fourth-order valence-corrected chi connectivity index (χ4v) is 2.69. The number of aromatic nitrogens is 2. The van der Waals surface area contributed by atoms with E-state index in [0.717, 1.165) is 12.1 Å². The summed E-state index contributed by atoms with van der Waals surface area (Å²) in [5, 5.41) is 7.09. The SMILES string of the molecule is CCCNC(=O)CN(C)C(=O)COC(=O)c1c(C)nn(-c2ccccc2)c1C. The number of nitrogens with zero attached hydrogens (tertiary/aromatic N) is 3. The van der Waals surface area contributed by atoms with Gasteiger partial charge in [-0.1, -0.05) is 25.1 Å². The van der Waals surface area contributed by atoms with Gasteiger partial charge < -0.3 is 15.0 Å². The fraction of sp³-hybridized carbons (Fsp3) is 0.400. The fourth-order valence-electron chi connectivity index (χ4n) is 2.69. The average Bonchev–Trinajstić information content (AvgIpc) is 2.99. The van der Waals surface area contributed by atoms with Crippen LogP contribution in [0.25, 0.3) is 5.69 Å². The molecule has 150 valence electrons. The van der Waals surface area contributed by atoms with Gasteiger partial charge in [0.15, 0.2) is 6.61 Å². The number of hydrogen-bond acceptors (Lipinski definition) is 5. The van der Waals surface area contributed by atoms with Crippen molar-refractivity contribution in [3.63, 3.8) is 0 Å². The molecule has 0 aliphatic heterocycles. The van der Waals surface area contributed by atoms with Gasteiger partial charge >= 0.3 is 5.97 Å². The number of hydrogen-bond donors (Lipinski definition) is 1. The normalized spacial score (nSPS) is 10.4. The Kier molecular flexibility index (Phi) is 7.31. The molecule has 0 fully saturated rings. The zero-order valence-electron chi connectivity index (χ0n) is 16.7. The second-order valence-corrected chi connectivity index (χ2v) is 6.47. The van der Waals surface area contributed by atoms with E-state index in [2.05, 4.69) is 10.4 Å². The average molecular weight is 386 g/mol. The number of para-hydroxylation sites is 1. The standard InChI is InChI=1S/C20H26N4O4/c1-5-11-21-17(25)12-23(4)18(26)13-28-20(27)19-14(2)22-24(15(19)3)16-9-7-6-8-10-16/h6-10H,5,11-13H2,1-4H3,(H,21,25). The third kappa shape index (κ3) is 5.18. The minimum Gasteiger partial charge on any atom is -0.452 e. The van der Waals surface area contributed by atoms with E-state index in [4.69, 9.17) is 4.74 Å². The van der Waals surface area contributed by atoms with Crippen LogP contribution in [-0.4, -0.2) is 59.2 Å². The maximum Gasteiger partial charge on any atom is 0.342 e. The Balaban J connectivity index is 1.99. The summed E-state index contributed by atoms with van der Waals surface area (Å²) in [6.07, 6.45) is 0.816. The van der Waals surface area contributed by atoms with Crippen molar-refractivity contribution in [2.75, 3.05) is 26.7 Å². The molecule has 0 bridgehead atoms. The first-order valence-electron chi connectivity index (χ1n) is 9.14. The molecule has 0 atom stereocenters. The second kappa shape index (κ2) is 9.68. The molecule has 0 saturated carbocycles. The molecule has 0 unspecified atom stereocenters. The predicted octanol–water partition coefficient (Wildman–Crippen LogP) is 1.63. The highest BCUT2D eigenvalue weighted by Crippen LogP contribution is 2.18. The summed E-state index contributed by atoms with van der Waals surface area (Å²) in [6.45, 7) is 5.47. The van der Waals surface area contributed by atoms with Gasteiger partial charge in [0, 0.05) is 13.6 Å². The number of amides is 2. The van der Waals surface area contributed by atoms with Crippen molar-refractivity contribution in [3.05, 3.63) is 47.3 Å². The number of nitrogens with one attached hydrogen (secondary N) is 1. The number of esters is 1. The van der Waals surface area contributed by atoms with Crippen molar-refractivity contribution in [1.29, 1.82) is 0 Å². The molecule has 0 saturated heterocycles. The van der Waals surface area contributed by atoms with Gasteiger partial charge in [0.2, 0.25) is 5.91 Å². The lowest BCUT2D eigenvalue weighted by atomic mass is 10.2. The lowest BCUT2D eigenvalue weighted by molar-refractivity contribution is -0.137. The largest absolute Gasteiger partial charge is 0.452 e. The van der Waals surface area contributed by atoms with Crippen LogP contribution >= 0.6 is 0 Å². The lowest BCUT2D eigenvalue weighted by Crippen LogP contribution is -2.40. The van der Waals surface area contributed by atoms with Gasteiger partial charge in [0.1, 0.15) is 5.56 Å². The molecular formula is C20H26N4O4. The highest BCUT2D eigenvalue weighted by molar-refractivity contribution is 5.94. The maximum absolute atomic E-state index is 12.5. The number of likely N-dealkylation sites (N-methyl/N-ethyl adjacent to an activating group) is 1. The van der Waals surface area contributed by atoms with E-state index in [-0.39, 0.29) is 12.5 Å². The zero-order chi connectivity index (χ0) is 20.7. The molecule has 2 rings (SSSR count). The van der Waals surface area contributed by atoms with Crippen LogP contribution < -0.4 is 5.32 Å². The Hall–Kier alpha value is -3.16. The van der Waals surface area contributed by atoms with Crippen LogP contribution in [0.4, 0.5) is 0 Å². The van der Waals surface area contributed by atoms with E-state index < -0.39 is 18.5 Å². The Bertz CT molecular complexity index is 845. The minimum atomic E-state index is -0.616. The van der Waals surface area contributed by atoms with E-state index in [9.17, 15) is 14.4 Å². The Morgan fingerprint density at radius 2 is 1.86 bits per heavy atom.